The lowest BCUT2D eigenvalue weighted by Crippen LogP contribution is -2.44. The standard InChI is InChI=1S/C29H33FN6O3/c1-20-3-5-24(32-29(38)22-15-23(30)17-25(16-22)35-11-13-39-14-12-35)18-26(20)33-28(37)21-4-6-27(31-19-21)36-9-7-34(2)8-10-36/h3-6,15-19H,7-14H2,1-2H3,(H,32,38)(H,33,37). The van der Waals surface area contributed by atoms with Crippen molar-refractivity contribution in [2.24, 2.45) is 0 Å². The molecule has 2 aliphatic heterocycles. The van der Waals surface area contributed by atoms with Gasteiger partial charge in [0.15, 0.2) is 0 Å². The fourth-order valence-electron chi connectivity index (χ4n) is 4.68. The average molecular weight is 533 g/mol. The molecule has 0 radical (unpaired) electrons. The highest BCUT2D eigenvalue weighted by molar-refractivity contribution is 6.07. The van der Waals surface area contributed by atoms with Gasteiger partial charge in [0.05, 0.1) is 18.8 Å². The summed E-state index contributed by atoms with van der Waals surface area (Å²) < 4.78 is 19.7. The number of morpholine rings is 1. The first-order valence-electron chi connectivity index (χ1n) is 13.1. The predicted molar refractivity (Wildman–Crippen MR) is 150 cm³/mol. The summed E-state index contributed by atoms with van der Waals surface area (Å²) in [7, 11) is 2.10. The van der Waals surface area contributed by atoms with E-state index < -0.39 is 11.7 Å². The number of pyridine rings is 1. The molecular formula is C29H33FN6O3. The van der Waals surface area contributed by atoms with Crippen LogP contribution in [0.3, 0.4) is 0 Å². The molecule has 2 N–H and O–H groups in total. The number of likely N-dealkylation sites (N-methyl/N-ethyl adjacent to an activating group) is 1. The molecule has 204 valence electrons. The minimum absolute atomic E-state index is 0.217. The topological polar surface area (TPSA) is 90.0 Å². The number of nitrogens with one attached hydrogen (secondary N) is 2. The Morgan fingerprint density at radius 2 is 1.59 bits per heavy atom. The third kappa shape index (κ3) is 6.52. The molecule has 3 heterocycles. The number of carbonyl (C=O) groups is 2. The van der Waals surface area contributed by atoms with E-state index in [0.29, 0.717) is 48.9 Å². The van der Waals surface area contributed by atoms with Crippen LogP contribution in [-0.4, -0.2) is 81.2 Å². The Hall–Kier alpha value is -4.02. The molecule has 9 nitrogen and oxygen atoms in total. The Morgan fingerprint density at radius 3 is 2.31 bits per heavy atom. The zero-order chi connectivity index (χ0) is 27.4. The first-order valence-corrected chi connectivity index (χ1v) is 13.1. The number of hydrogen-bond donors (Lipinski definition) is 2. The number of piperazine rings is 1. The Labute approximate surface area is 227 Å². The van der Waals surface area contributed by atoms with E-state index in [1.54, 1.807) is 30.5 Å². The Balaban J connectivity index is 1.25. The molecule has 2 amide bonds. The maximum atomic E-state index is 14.4. The van der Waals surface area contributed by atoms with Gasteiger partial charge in [-0.05, 0) is 62.0 Å². The van der Waals surface area contributed by atoms with Crippen molar-refractivity contribution in [3.63, 3.8) is 0 Å². The van der Waals surface area contributed by atoms with Gasteiger partial charge >= 0.3 is 0 Å². The summed E-state index contributed by atoms with van der Waals surface area (Å²) in [4.78, 5) is 36.9. The first-order chi connectivity index (χ1) is 18.9. The van der Waals surface area contributed by atoms with Gasteiger partial charge in [-0.25, -0.2) is 9.37 Å². The fraction of sp³-hybridized carbons (Fsp3) is 0.345. The lowest BCUT2D eigenvalue weighted by molar-refractivity contribution is 0.101. The summed E-state index contributed by atoms with van der Waals surface area (Å²) in [5.41, 5.74) is 3.19. The van der Waals surface area contributed by atoms with Crippen LogP contribution in [0.2, 0.25) is 0 Å². The van der Waals surface area contributed by atoms with Crippen LogP contribution in [0.1, 0.15) is 26.3 Å². The minimum atomic E-state index is -0.478. The molecule has 0 atom stereocenters. The van der Waals surface area contributed by atoms with Crippen LogP contribution in [0, 0.1) is 12.7 Å². The zero-order valence-corrected chi connectivity index (χ0v) is 22.2. The highest BCUT2D eigenvalue weighted by atomic mass is 19.1. The normalized spacial score (nSPS) is 16.2. The van der Waals surface area contributed by atoms with Crippen LogP contribution < -0.4 is 20.4 Å². The number of aromatic nitrogens is 1. The summed E-state index contributed by atoms with van der Waals surface area (Å²) in [5.74, 6) is -0.351. The van der Waals surface area contributed by atoms with E-state index in [1.807, 2.05) is 24.0 Å². The maximum absolute atomic E-state index is 14.4. The smallest absolute Gasteiger partial charge is 0.257 e. The molecule has 39 heavy (non-hydrogen) atoms. The number of halogens is 1. The van der Waals surface area contributed by atoms with Gasteiger partial charge in [0.2, 0.25) is 0 Å². The van der Waals surface area contributed by atoms with E-state index in [9.17, 15) is 14.0 Å². The van der Waals surface area contributed by atoms with E-state index in [0.717, 1.165) is 37.6 Å². The van der Waals surface area contributed by atoms with Crippen molar-refractivity contribution in [3.05, 3.63) is 77.2 Å². The van der Waals surface area contributed by atoms with E-state index in [4.69, 9.17) is 4.74 Å². The summed E-state index contributed by atoms with van der Waals surface area (Å²) in [6.45, 7) is 8.03. The van der Waals surface area contributed by atoms with Crippen molar-refractivity contribution >= 4 is 34.7 Å². The average Bonchev–Trinajstić information content (AvgIpc) is 2.95. The molecule has 0 unspecified atom stereocenters. The molecule has 5 rings (SSSR count). The Morgan fingerprint density at radius 1 is 0.846 bits per heavy atom. The van der Waals surface area contributed by atoms with E-state index in [-0.39, 0.29) is 11.5 Å². The first kappa shape index (κ1) is 26.6. The SMILES string of the molecule is Cc1ccc(NC(=O)c2cc(F)cc(N3CCOCC3)c2)cc1NC(=O)c1ccc(N2CCN(C)CC2)nc1. The van der Waals surface area contributed by atoms with Crippen LogP contribution in [-0.2, 0) is 4.74 Å². The maximum Gasteiger partial charge on any atom is 0.257 e. The van der Waals surface area contributed by atoms with Gasteiger partial charge in [0.1, 0.15) is 11.6 Å². The van der Waals surface area contributed by atoms with Gasteiger partial charge in [-0.3, -0.25) is 9.59 Å². The number of benzene rings is 2. The molecule has 0 aliphatic carbocycles. The highest BCUT2D eigenvalue weighted by Crippen LogP contribution is 2.24. The van der Waals surface area contributed by atoms with Crippen molar-refractivity contribution in [1.82, 2.24) is 9.88 Å². The Kier molecular flexibility index (Phi) is 8.04. The monoisotopic (exact) mass is 532 g/mol. The van der Waals surface area contributed by atoms with E-state index >= 15 is 0 Å². The molecule has 2 saturated heterocycles. The predicted octanol–water partition coefficient (Wildman–Crippen LogP) is 3.62. The minimum Gasteiger partial charge on any atom is -0.378 e. The number of rotatable bonds is 6. The quantitative estimate of drug-likeness (QED) is 0.501. The van der Waals surface area contributed by atoms with Crippen molar-refractivity contribution < 1.29 is 18.7 Å². The van der Waals surface area contributed by atoms with Crippen LogP contribution in [0.15, 0.2) is 54.7 Å². The summed E-state index contributed by atoms with van der Waals surface area (Å²) in [6, 6.07) is 13.2. The van der Waals surface area contributed by atoms with Gasteiger partial charge in [0, 0.05) is 68.1 Å². The molecule has 2 aliphatic rings. The molecule has 2 fully saturated rings. The summed E-state index contributed by atoms with van der Waals surface area (Å²) in [5, 5.41) is 5.74. The molecule has 0 bridgehead atoms. The molecule has 10 heteroatoms. The second-order valence-electron chi connectivity index (χ2n) is 9.93. The van der Waals surface area contributed by atoms with Crippen molar-refractivity contribution in [1.29, 1.82) is 0 Å². The van der Waals surface area contributed by atoms with Crippen LogP contribution in [0.4, 0.5) is 27.3 Å². The zero-order valence-electron chi connectivity index (χ0n) is 22.2. The van der Waals surface area contributed by atoms with Gasteiger partial charge < -0.3 is 30.1 Å². The summed E-state index contributed by atoms with van der Waals surface area (Å²) in [6.07, 6.45) is 1.58. The fourth-order valence-corrected chi connectivity index (χ4v) is 4.68. The van der Waals surface area contributed by atoms with E-state index in [1.165, 1.54) is 12.1 Å². The third-order valence-corrected chi connectivity index (χ3v) is 7.10. The molecule has 0 spiro atoms. The van der Waals surface area contributed by atoms with Crippen molar-refractivity contribution in [3.8, 4) is 0 Å². The number of nitrogens with zero attached hydrogens (tertiary/aromatic N) is 4. The molecule has 3 aromatic rings. The van der Waals surface area contributed by atoms with Gasteiger partial charge in [-0.15, -0.1) is 0 Å². The van der Waals surface area contributed by atoms with E-state index in [2.05, 4.69) is 32.5 Å². The number of carbonyl (C=O) groups excluding carboxylic acids is 2. The van der Waals surface area contributed by atoms with Crippen molar-refractivity contribution in [2.45, 2.75) is 6.92 Å². The third-order valence-electron chi connectivity index (χ3n) is 7.10. The second kappa shape index (κ2) is 11.8. The van der Waals surface area contributed by atoms with Crippen LogP contribution in [0.5, 0.6) is 0 Å². The largest absolute Gasteiger partial charge is 0.378 e. The van der Waals surface area contributed by atoms with Gasteiger partial charge in [-0.2, -0.15) is 0 Å². The molecular weight excluding hydrogens is 499 g/mol. The van der Waals surface area contributed by atoms with Gasteiger partial charge in [0.25, 0.3) is 11.8 Å². The number of amides is 2. The second-order valence-corrected chi connectivity index (χ2v) is 9.93. The molecule has 1 aromatic heterocycles. The molecule has 2 aromatic carbocycles. The lowest BCUT2D eigenvalue weighted by Gasteiger charge is -2.33. The number of anilines is 4. The van der Waals surface area contributed by atoms with Crippen LogP contribution in [0.25, 0.3) is 0 Å². The van der Waals surface area contributed by atoms with Gasteiger partial charge in [-0.1, -0.05) is 6.07 Å². The number of hydrogen-bond acceptors (Lipinski definition) is 7. The number of ether oxygens (including phenoxy) is 1. The Bertz CT molecular complexity index is 1340. The number of aryl methyl sites for hydroxylation is 1. The highest BCUT2D eigenvalue weighted by Gasteiger charge is 2.18. The summed E-state index contributed by atoms with van der Waals surface area (Å²) >= 11 is 0. The molecule has 0 saturated carbocycles. The van der Waals surface area contributed by atoms with Crippen molar-refractivity contribution in [2.75, 3.05) is 80.0 Å². The van der Waals surface area contributed by atoms with Crippen LogP contribution >= 0.6 is 0 Å². The lowest BCUT2D eigenvalue weighted by atomic mass is 10.1.